The number of ketones is 1. The molecule has 2 rings (SSSR count). The average molecular weight is 372 g/mol. The van der Waals surface area contributed by atoms with Crippen LogP contribution in [0, 0.1) is 0 Å². The molecule has 0 atom stereocenters. The van der Waals surface area contributed by atoms with Gasteiger partial charge in [-0.3, -0.25) is 4.79 Å². The molecule has 144 valence electrons. The van der Waals surface area contributed by atoms with Gasteiger partial charge in [-0.15, -0.1) is 0 Å². The first-order valence-electron chi connectivity index (χ1n) is 8.37. The molecule has 27 heavy (non-hydrogen) atoms. The Kier molecular flexibility index (Phi) is 7.70. The predicted molar refractivity (Wildman–Crippen MR) is 103 cm³/mol. The van der Waals surface area contributed by atoms with Crippen molar-refractivity contribution in [2.45, 2.75) is 0 Å². The number of benzene rings is 2. The molecule has 0 heterocycles. The van der Waals surface area contributed by atoms with Gasteiger partial charge in [-0.05, 0) is 48.0 Å². The van der Waals surface area contributed by atoms with Crippen molar-refractivity contribution in [2.24, 2.45) is 0 Å². The zero-order valence-electron chi connectivity index (χ0n) is 16.0. The Bertz CT molecular complexity index is 755. The highest BCUT2D eigenvalue weighted by atomic mass is 16.5. The van der Waals surface area contributed by atoms with E-state index in [2.05, 4.69) is 0 Å². The molecule has 0 fully saturated rings. The summed E-state index contributed by atoms with van der Waals surface area (Å²) < 4.78 is 26.4. The van der Waals surface area contributed by atoms with E-state index in [1.807, 2.05) is 0 Å². The van der Waals surface area contributed by atoms with Crippen molar-refractivity contribution in [1.29, 1.82) is 0 Å². The number of carbonyl (C=O) groups excluding carboxylic acids is 1. The molecule has 0 bridgehead atoms. The molecule has 0 N–H and O–H groups in total. The molecular weight excluding hydrogens is 348 g/mol. The van der Waals surface area contributed by atoms with Gasteiger partial charge in [-0.25, -0.2) is 0 Å². The van der Waals surface area contributed by atoms with E-state index in [1.54, 1.807) is 70.9 Å². The van der Waals surface area contributed by atoms with Crippen LogP contribution < -0.4 is 18.9 Å². The summed E-state index contributed by atoms with van der Waals surface area (Å²) in [6.45, 7) is 0.975. The molecule has 0 aliphatic carbocycles. The van der Waals surface area contributed by atoms with Gasteiger partial charge in [0.1, 0.15) is 12.4 Å². The lowest BCUT2D eigenvalue weighted by molar-refractivity contribution is 0.104. The van der Waals surface area contributed by atoms with Crippen LogP contribution in [-0.2, 0) is 4.74 Å². The van der Waals surface area contributed by atoms with Crippen molar-refractivity contribution in [3.8, 4) is 23.0 Å². The van der Waals surface area contributed by atoms with Gasteiger partial charge >= 0.3 is 0 Å². The van der Waals surface area contributed by atoms with E-state index in [4.69, 9.17) is 23.7 Å². The first-order valence-corrected chi connectivity index (χ1v) is 8.37. The second-order valence-electron chi connectivity index (χ2n) is 5.52. The normalized spacial score (nSPS) is 10.7. The van der Waals surface area contributed by atoms with E-state index in [0.29, 0.717) is 41.8 Å². The fourth-order valence-corrected chi connectivity index (χ4v) is 2.42. The molecule has 2 aromatic carbocycles. The quantitative estimate of drug-likeness (QED) is 0.360. The molecule has 2 aromatic rings. The standard InChI is InChI=1S/C21H24O6/c1-23-11-12-27-17-8-6-16(7-9-17)18(22)10-5-15-13-19(24-2)21(26-4)20(14-15)25-3/h5-10,13-14H,11-12H2,1-4H3/b10-5-. The van der Waals surface area contributed by atoms with Crippen molar-refractivity contribution in [1.82, 2.24) is 0 Å². The summed E-state index contributed by atoms with van der Waals surface area (Å²) in [6.07, 6.45) is 3.21. The Balaban J connectivity index is 2.12. The van der Waals surface area contributed by atoms with E-state index in [1.165, 1.54) is 6.08 Å². The lowest BCUT2D eigenvalue weighted by Gasteiger charge is -2.12. The second kappa shape index (κ2) is 10.2. The number of methoxy groups -OCH3 is 4. The summed E-state index contributed by atoms with van der Waals surface area (Å²) in [7, 11) is 6.26. The lowest BCUT2D eigenvalue weighted by atomic mass is 10.1. The number of rotatable bonds is 10. The van der Waals surface area contributed by atoms with Crippen LogP contribution in [-0.4, -0.2) is 47.4 Å². The van der Waals surface area contributed by atoms with Gasteiger partial charge in [0, 0.05) is 12.7 Å². The van der Waals surface area contributed by atoms with Crippen molar-refractivity contribution >= 4 is 11.9 Å². The van der Waals surface area contributed by atoms with Gasteiger partial charge in [0.25, 0.3) is 0 Å². The summed E-state index contributed by atoms with van der Waals surface area (Å²) >= 11 is 0. The molecule has 6 heteroatoms. The van der Waals surface area contributed by atoms with Gasteiger partial charge in [0.2, 0.25) is 5.75 Å². The van der Waals surface area contributed by atoms with E-state index in [0.717, 1.165) is 5.56 Å². The highest BCUT2D eigenvalue weighted by Gasteiger charge is 2.12. The lowest BCUT2D eigenvalue weighted by Crippen LogP contribution is -2.04. The summed E-state index contributed by atoms with van der Waals surface area (Å²) in [4.78, 5) is 12.4. The van der Waals surface area contributed by atoms with Crippen molar-refractivity contribution < 1.29 is 28.5 Å². The van der Waals surface area contributed by atoms with E-state index >= 15 is 0 Å². The fourth-order valence-electron chi connectivity index (χ4n) is 2.42. The zero-order valence-corrected chi connectivity index (χ0v) is 16.0. The minimum absolute atomic E-state index is 0.118. The number of allylic oxidation sites excluding steroid dienone is 1. The Labute approximate surface area is 159 Å². The van der Waals surface area contributed by atoms with Crippen molar-refractivity contribution in [2.75, 3.05) is 41.7 Å². The van der Waals surface area contributed by atoms with Crippen LogP contribution in [0.3, 0.4) is 0 Å². The Hall–Kier alpha value is -2.99. The maximum absolute atomic E-state index is 12.4. The minimum atomic E-state index is -0.118. The topological polar surface area (TPSA) is 63.2 Å². The number of carbonyl (C=O) groups is 1. The van der Waals surface area contributed by atoms with E-state index in [-0.39, 0.29) is 5.78 Å². The minimum Gasteiger partial charge on any atom is -0.493 e. The Morgan fingerprint density at radius 3 is 2.04 bits per heavy atom. The smallest absolute Gasteiger partial charge is 0.203 e. The van der Waals surface area contributed by atoms with Gasteiger partial charge in [-0.1, -0.05) is 6.08 Å². The Morgan fingerprint density at radius 1 is 0.889 bits per heavy atom. The van der Waals surface area contributed by atoms with Crippen LogP contribution >= 0.6 is 0 Å². The molecule has 6 nitrogen and oxygen atoms in total. The van der Waals surface area contributed by atoms with Crippen LogP contribution in [0.15, 0.2) is 42.5 Å². The molecule has 0 saturated heterocycles. The van der Waals surface area contributed by atoms with Crippen LogP contribution in [0.5, 0.6) is 23.0 Å². The third-order valence-corrected chi connectivity index (χ3v) is 3.81. The maximum Gasteiger partial charge on any atom is 0.203 e. The summed E-state index contributed by atoms with van der Waals surface area (Å²) in [5.74, 6) is 2.14. The van der Waals surface area contributed by atoms with Crippen LogP contribution in [0.2, 0.25) is 0 Å². The fraction of sp³-hybridized carbons (Fsp3) is 0.286. The molecule has 0 unspecified atom stereocenters. The van der Waals surface area contributed by atoms with E-state index in [9.17, 15) is 4.79 Å². The summed E-state index contributed by atoms with van der Waals surface area (Å²) in [5.41, 5.74) is 1.33. The average Bonchev–Trinajstić information content (AvgIpc) is 2.71. The summed E-state index contributed by atoms with van der Waals surface area (Å²) in [6, 6.07) is 10.5. The van der Waals surface area contributed by atoms with Crippen molar-refractivity contribution in [3.63, 3.8) is 0 Å². The first-order chi connectivity index (χ1) is 13.1. The third kappa shape index (κ3) is 5.49. The third-order valence-electron chi connectivity index (χ3n) is 3.81. The highest BCUT2D eigenvalue weighted by molar-refractivity contribution is 6.06. The molecule has 0 spiro atoms. The first kappa shape index (κ1) is 20.3. The molecule has 0 radical (unpaired) electrons. The van der Waals surface area contributed by atoms with Gasteiger partial charge in [-0.2, -0.15) is 0 Å². The number of hydrogen-bond acceptors (Lipinski definition) is 6. The largest absolute Gasteiger partial charge is 0.493 e. The zero-order chi connectivity index (χ0) is 19.6. The maximum atomic E-state index is 12.4. The molecule has 0 aromatic heterocycles. The van der Waals surface area contributed by atoms with Gasteiger partial charge < -0.3 is 23.7 Å². The monoisotopic (exact) mass is 372 g/mol. The predicted octanol–water partition coefficient (Wildman–Crippen LogP) is 3.63. The highest BCUT2D eigenvalue weighted by Crippen LogP contribution is 2.38. The molecule has 0 saturated carbocycles. The summed E-state index contributed by atoms with van der Waals surface area (Å²) in [5, 5.41) is 0. The Morgan fingerprint density at radius 2 is 1.52 bits per heavy atom. The van der Waals surface area contributed by atoms with Gasteiger partial charge in [0.05, 0.1) is 27.9 Å². The second-order valence-corrected chi connectivity index (χ2v) is 5.52. The van der Waals surface area contributed by atoms with Crippen LogP contribution in [0.25, 0.3) is 6.08 Å². The van der Waals surface area contributed by atoms with E-state index < -0.39 is 0 Å². The molecule has 0 aliphatic heterocycles. The van der Waals surface area contributed by atoms with Crippen LogP contribution in [0.4, 0.5) is 0 Å². The van der Waals surface area contributed by atoms with Crippen molar-refractivity contribution in [3.05, 3.63) is 53.6 Å². The SMILES string of the molecule is COCCOc1ccc(C(=O)/C=C\c2cc(OC)c(OC)c(OC)c2)cc1. The molecule has 0 amide bonds. The van der Waals surface area contributed by atoms with Crippen LogP contribution in [0.1, 0.15) is 15.9 Å². The molecular formula is C21H24O6. The number of ether oxygens (including phenoxy) is 5. The number of hydrogen-bond donors (Lipinski definition) is 0. The molecule has 0 aliphatic rings. The van der Waals surface area contributed by atoms with Gasteiger partial charge in [0.15, 0.2) is 17.3 Å².